The van der Waals surface area contributed by atoms with E-state index in [-0.39, 0.29) is 11.9 Å². The Hall–Kier alpha value is -3.59. The van der Waals surface area contributed by atoms with Crippen molar-refractivity contribution in [3.63, 3.8) is 0 Å². The molecular weight excluding hydrogens is 382 g/mol. The van der Waals surface area contributed by atoms with E-state index in [2.05, 4.69) is 37.3 Å². The van der Waals surface area contributed by atoms with E-state index in [0.717, 1.165) is 28.5 Å². The predicted molar refractivity (Wildman–Crippen MR) is 124 cm³/mol. The van der Waals surface area contributed by atoms with Crippen LogP contribution >= 0.6 is 0 Å². The summed E-state index contributed by atoms with van der Waals surface area (Å²) < 4.78 is 6.13. The van der Waals surface area contributed by atoms with Gasteiger partial charge >= 0.3 is 0 Å². The molecule has 1 heterocycles. The highest BCUT2D eigenvalue weighted by Crippen LogP contribution is 2.28. The summed E-state index contributed by atoms with van der Waals surface area (Å²) in [6.07, 6.45) is 0.790. The Morgan fingerprint density at radius 2 is 1.58 bits per heavy atom. The van der Waals surface area contributed by atoms with Crippen LogP contribution in [-0.2, 0) is 13.0 Å². The Morgan fingerprint density at radius 3 is 2.42 bits per heavy atom. The minimum Gasteiger partial charge on any atom is -0.491 e. The first-order valence-corrected chi connectivity index (χ1v) is 10.7. The summed E-state index contributed by atoms with van der Waals surface area (Å²) in [5.74, 6) is 0.894. The van der Waals surface area contributed by atoms with Gasteiger partial charge in [0.05, 0.1) is 6.04 Å². The van der Waals surface area contributed by atoms with Crippen molar-refractivity contribution in [1.29, 1.82) is 0 Å². The topological polar surface area (TPSA) is 29.5 Å². The molecule has 0 aromatic heterocycles. The maximum absolute atomic E-state index is 13.8. The van der Waals surface area contributed by atoms with Crippen LogP contribution in [0.5, 0.6) is 5.75 Å². The first kappa shape index (κ1) is 19.4. The third kappa shape index (κ3) is 3.91. The Balaban J connectivity index is 1.47. The van der Waals surface area contributed by atoms with Gasteiger partial charge in [0.2, 0.25) is 0 Å². The molecule has 0 radical (unpaired) electrons. The highest BCUT2D eigenvalue weighted by Gasteiger charge is 2.31. The summed E-state index contributed by atoms with van der Waals surface area (Å²) in [7, 11) is 0. The van der Waals surface area contributed by atoms with Gasteiger partial charge in [0.25, 0.3) is 5.91 Å². The third-order valence-corrected chi connectivity index (χ3v) is 6.10. The van der Waals surface area contributed by atoms with E-state index in [1.165, 1.54) is 16.7 Å². The van der Waals surface area contributed by atoms with Gasteiger partial charge in [-0.2, -0.15) is 0 Å². The SMILES string of the molecule is Cc1ccc(OCC2Cc3ccccc3CN2C(=O)c2cccc3ccccc23)cc1. The number of hydrogen-bond donors (Lipinski definition) is 0. The molecule has 154 valence electrons. The van der Waals surface area contributed by atoms with E-state index in [1.54, 1.807) is 0 Å². The molecule has 1 unspecified atom stereocenters. The molecule has 3 nitrogen and oxygen atoms in total. The number of hydrogen-bond acceptors (Lipinski definition) is 2. The summed E-state index contributed by atoms with van der Waals surface area (Å²) in [6.45, 7) is 3.13. The largest absolute Gasteiger partial charge is 0.491 e. The zero-order chi connectivity index (χ0) is 21.2. The van der Waals surface area contributed by atoms with Gasteiger partial charge in [-0.3, -0.25) is 4.79 Å². The summed E-state index contributed by atoms with van der Waals surface area (Å²) in [6, 6.07) is 30.5. The van der Waals surface area contributed by atoms with Crippen molar-refractivity contribution in [3.8, 4) is 5.75 Å². The van der Waals surface area contributed by atoms with Gasteiger partial charge in [-0.15, -0.1) is 0 Å². The highest BCUT2D eigenvalue weighted by atomic mass is 16.5. The lowest BCUT2D eigenvalue weighted by molar-refractivity contribution is 0.0568. The number of rotatable bonds is 4. The van der Waals surface area contributed by atoms with Gasteiger partial charge < -0.3 is 9.64 Å². The van der Waals surface area contributed by atoms with Crippen molar-refractivity contribution in [2.75, 3.05) is 6.61 Å². The Bertz CT molecular complexity index is 1220. The summed E-state index contributed by atoms with van der Waals surface area (Å²) in [5.41, 5.74) is 4.45. The van der Waals surface area contributed by atoms with Gasteiger partial charge in [0, 0.05) is 12.1 Å². The molecule has 0 aliphatic carbocycles. The van der Waals surface area contributed by atoms with E-state index >= 15 is 0 Å². The Morgan fingerprint density at radius 1 is 0.871 bits per heavy atom. The lowest BCUT2D eigenvalue weighted by atomic mass is 9.93. The number of carbonyl (C=O) groups is 1. The Kier molecular flexibility index (Phi) is 5.17. The number of aryl methyl sites for hydroxylation is 1. The highest BCUT2D eigenvalue weighted by molar-refractivity contribution is 6.07. The van der Waals surface area contributed by atoms with Crippen molar-refractivity contribution in [3.05, 3.63) is 113 Å². The summed E-state index contributed by atoms with van der Waals surface area (Å²) in [5, 5.41) is 2.07. The lowest BCUT2D eigenvalue weighted by Gasteiger charge is -2.37. The molecule has 1 amide bonds. The fraction of sp³-hybridized carbons (Fsp3) is 0.179. The first-order chi connectivity index (χ1) is 15.2. The summed E-state index contributed by atoms with van der Waals surface area (Å²) in [4.78, 5) is 15.7. The van der Waals surface area contributed by atoms with Crippen LogP contribution in [-0.4, -0.2) is 23.5 Å². The quantitative estimate of drug-likeness (QED) is 0.428. The lowest BCUT2D eigenvalue weighted by Crippen LogP contribution is -2.47. The van der Waals surface area contributed by atoms with Crippen LogP contribution in [0, 0.1) is 6.92 Å². The standard InChI is InChI=1S/C28H25NO2/c1-20-13-15-25(16-14-20)31-19-24-17-22-8-2-3-9-23(22)18-29(24)28(30)27-12-6-10-21-7-4-5-11-26(21)27/h2-16,24H,17-19H2,1H3. The third-order valence-electron chi connectivity index (χ3n) is 6.10. The molecule has 31 heavy (non-hydrogen) atoms. The smallest absolute Gasteiger partial charge is 0.255 e. The van der Waals surface area contributed by atoms with Crippen LogP contribution in [0.15, 0.2) is 91.0 Å². The van der Waals surface area contributed by atoms with Crippen LogP contribution in [0.25, 0.3) is 10.8 Å². The molecule has 0 fully saturated rings. The minimum absolute atomic E-state index is 0.0253. The molecule has 5 rings (SSSR count). The van der Waals surface area contributed by atoms with Crippen molar-refractivity contribution in [1.82, 2.24) is 4.90 Å². The van der Waals surface area contributed by atoms with Crippen molar-refractivity contribution < 1.29 is 9.53 Å². The molecule has 1 atom stereocenters. The van der Waals surface area contributed by atoms with Crippen molar-refractivity contribution in [2.24, 2.45) is 0 Å². The zero-order valence-corrected chi connectivity index (χ0v) is 17.6. The monoisotopic (exact) mass is 407 g/mol. The fourth-order valence-electron chi connectivity index (χ4n) is 4.37. The van der Waals surface area contributed by atoms with Crippen molar-refractivity contribution in [2.45, 2.75) is 25.9 Å². The van der Waals surface area contributed by atoms with Crippen LogP contribution in [0.3, 0.4) is 0 Å². The van der Waals surface area contributed by atoms with Crippen LogP contribution in [0.4, 0.5) is 0 Å². The molecule has 1 aliphatic rings. The van der Waals surface area contributed by atoms with Gasteiger partial charge in [-0.05, 0) is 53.4 Å². The maximum Gasteiger partial charge on any atom is 0.255 e. The molecule has 0 N–H and O–H groups in total. The van der Waals surface area contributed by atoms with Crippen LogP contribution in [0.1, 0.15) is 27.0 Å². The number of carbonyl (C=O) groups excluding carboxylic acids is 1. The molecule has 3 heteroatoms. The van der Waals surface area contributed by atoms with Gasteiger partial charge in [-0.25, -0.2) is 0 Å². The molecule has 0 bridgehead atoms. The van der Waals surface area contributed by atoms with E-state index in [0.29, 0.717) is 13.2 Å². The second-order valence-corrected chi connectivity index (χ2v) is 8.21. The average Bonchev–Trinajstić information content (AvgIpc) is 2.82. The molecular formula is C28H25NO2. The zero-order valence-electron chi connectivity index (χ0n) is 17.6. The van der Waals surface area contributed by atoms with Gasteiger partial charge in [-0.1, -0.05) is 78.4 Å². The van der Waals surface area contributed by atoms with Gasteiger partial charge in [0.1, 0.15) is 12.4 Å². The molecule has 0 saturated carbocycles. The van der Waals surface area contributed by atoms with Crippen molar-refractivity contribution >= 4 is 16.7 Å². The van der Waals surface area contributed by atoms with E-state index in [1.807, 2.05) is 65.6 Å². The number of ether oxygens (including phenoxy) is 1. The molecule has 0 spiro atoms. The number of benzene rings is 4. The van der Waals surface area contributed by atoms with E-state index in [9.17, 15) is 4.79 Å². The number of fused-ring (bicyclic) bond motifs is 2. The number of nitrogens with zero attached hydrogens (tertiary/aromatic N) is 1. The van der Waals surface area contributed by atoms with Crippen LogP contribution in [0.2, 0.25) is 0 Å². The molecule has 4 aromatic carbocycles. The first-order valence-electron chi connectivity index (χ1n) is 10.7. The second kappa shape index (κ2) is 8.27. The molecule has 4 aromatic rings. The predicted octanol–water partition coefficient (Wildman–Crippen LogP) is 5.79. The molecule has 0 saturated heterocycles. The number of amides is 1. The van der Waals surface area contributed by atoms with E-state index < -0.39 is 0 Å². The normalized spacial score (nSPS) is 15.5. The summed E-state index contributed by atoms with van der Waals surface area (Å²) >= 11 is 0. The fourth-order valence-corrected chi connectivity index (χ4v) is 4.37. The average molecular weight is 408 g/mol. The maximum atomic E-state index is 13.8. The molecule has 1 aliphatic heterocycles. The second-order valence-electron chi connectivity index (χ2n) is 8.21. The minimum atomic E-state index is -0.0253. The van der Waals surface area contributed by atoms with Gasteiger partial charge in [0.15, 0.2) is 0 Å². The van der Waals surface area contributed by atoms with Crippen LogP contribution < -0.4 is 4.74 Å². The Labute approximate surface area is 182 Å². The van der Waals surface area contributed by atoms with E-state index in [4.69, 9.17) is 4.74 Å².